The molecule has 124 valence electrons. The zero-order chi connectivity index (χ0) is 16.9. The van der Waals surface area contributed by atoms with Crippen molar-refractivity contribution in [2.24, 2.45) is 0 Å². The lowest BCUT2D eigenvalue weighted by molar-refractivity contribution is 0.339. The lowest BCUT2D eigenvalue weighted by atomic mass is 10.2. The first-order valence-electron chi connectivity index (χ1n) is 6.81. The number of methoxy groups -OCH3 is 1. The van der Waals surface area contributed by atoms with Crippen molar-refractivity contribution in [3.05, 3.63) is 59.7 Å². The molecule has 2 aromatic carbocycles. The van der Waals surface area contributed by atoms with E-state index in [4.69, 9.17) is 9.47 Å². The van der Waals surface area contributed by atoms with Crippen molar-refractivity contribution in [2.75, 3.05) is 19.5 Å². The van der Waals surface area contributed by atoms with Crippen LogP contribution in [-0.4, -0.2) is 27.9 Å². The summed E-state index contributed by atoms with van der Waals surface area (Å²) in [5, 5.41) is 0. The Kier molecular flexibility index (Phi) is 5.54. The highest BCUT2D eigenvalue weighted by atomic mass is 32.2. The SMILES string of the molecule is COc1ccc(OCCS(=O)(=O)Cc2ccc(F)cc2F)cc1. The molecule has 4 nitrogen and oxygen atoms in total. The lowest BCUT2D eigenvalue weighted by Gasteiger charge is -2.08. The summed E-state index contributed by atoms with van der Waals surface area (Å²) in [4.78, 5) is 0. The van der Waals surface area contributed by atoms with E-state index >= 15 is 0 Å². The van der Waals surface area contributed by atoms with E-state index in [0.29, 0.717) is 17.6 Å². The van der Waals surface area contributed by atoms with E-state index in [1.54, 1.807) is 24.3 Å². The average molecular weight is 342 g/mol. The smallest absolute Gasteiger partial charge is 0.157 e. The van der Waals surface area contributed by atoms with E-state index in [1.165, 1.54) is 7.11 Å². The van der Waals surface area contributed by atoms with Crippen LogP contribution in [-0.2, 0) is 15.6 Å². The van der Waals surface area contributed by atoms with Gasteiger partial charge in [-0.3, -0.25) is 0 Å². The number of sulfone groups is 1. The quantitative estimate of drug-likeness (QED) is 0.776. The molecule has 0 heterocycles. The van der Waals surface area contributed by atoms with E-state index in [2.05, 4.69) is 0 Å². The molecule has 0 aliphatic carbocycles. The summed E-state index contributed by atoms with van der Waals surface area (Å²) in [6.45, 7) is -0.0581. The van der Waals surface area contributed by atoms with E-state index in [-0.39, 0.29) is 17.9 Å². The molecule has 2 rings (SSSR count). The molecule has 0 atom stereocenters. The first-order valence-corrected chi connectivity index (χ1v) is 8.63. The Morgan fingerprint density at radius 1 is 1.00 bits per heavy atom. The van der Waals surface area contributed by atoms with Crippen molar-refractivity contribution in [3.8, 4) is 11.5 Å². The second-order valence-electron chi connectivity index (χ2n) is 4.85. The second kappa shape index (κ2) is 7.41. The normalized spacial score (nSPS) is 11.3. The minimum absolute atomic E-state index is 0.0581. The third kappa shape index (κ3) is 5.21. The van der Waals surface area contributed by atoms with Crippen LogP contribution in [0.25, 0.3) is 0 Å². The molecule has 0 unspecified atom stereocenters. The van der Waals surface area contributed by atoms with Crippen LogP contribution < -0.4 is 9.47 Å². The Hall–Kier alpha value is -2.15. The Morgan fingerprint density at radius 2 is 1.65 bits per heavy atom. The zero-order valence-corrected chi connectivity index (χ0v) is 13.3. The summed E-state index contributed by atoms with van der Waals surface area (Å²) in [6.07, 6.45) is 0. The maximum Gasteiger partial charge on any atom is 0.157 e. The van der Waals surface area contributed by atoms with Gasteiger partial charge in [-0.05, 0) is 30.3 Å². The Bertz CT molecular complexity index is 758. The van der Waals surface area contributed by atoms with Gasteiger partial charge in [-0.25, -0.2) is 17.2 Å². The molecule has 0 radical (unpaired) electrons. The predicted octanol–water partition coefficient (Wildman–Crippen LogP) is 2.97. The third-order valence-electron chi connectivity index (χ3n) is 3.11. The van der Waals surface area contributed by atoms with Gasteiger partial charge < -0.3 is 9.47 Å². The van der Waals surface area contributed by atoms with Gasteiger partial charge in [0, 0.05) is 11.6 Å². The third-order valence-corrected chi connectivity index (χ3v) is 4.65. The topological polar surface area (TPSA) is 52.6 Å². The summed E-state index contributed by atoms with van der Waals surface area (Å²) in [7, 11) is -2.03. The van der Waals surface area contributed by atoms with Crippen molar-refractivity contribution >= 4 is 9.84 Å². The molecule has 0 spiro atoms. The maximum absolute atomic E-state index is 13.5. The van der Waals surface area contributed by atoms with Crippen LogP contribution in [0, 0.1) is 11.6 Å². The molecular weight excluding hydrogens is 326 g/mol. The molecule has 0 aliphatic rings. The van der Waals surface area contributed by atoms with Crippen LogP contribution in [0.5, 0.6) is 11.5 Å². The van der Waals surface area contributed by atoms with E-state index < -0.39 is 27.2 Å². The van der Waals surface area contributed by atoms with Crippen molar-refractivity contribution in [1.82, 2.24) is 0 Å². The highest BCUT2D eigenvalue weighted by Crippen LogP contribution is 2.17. The molecular formula is C16H16F2O4S. The fourth-order valence-electron chi connectivity index (χ4n) is 1.91. The lowest BCUT2D eigenvalue weighted by Crippen LogP contribution is -2.16. The molecule has 0 saturated carbocycles. The molecule has 0 aliphatic heterocycles. The van der Waals surface area contributed by atoms with Gasteiger partial charge in [0.15, 0.2) is 9.84 Å². The van der Waals surface area contributed by atoms with Gasteiger partial charge in [-0.2, -0.15) is 0 Å². The number of hydrogen-bond acceptors (Lipinski definition) is 4. The zero-order valence-electron chi connectivity index (χ0n) is 12.5. The Labute approximate surface area is 133 Å². The largest absolute Gasteiger partial charge is 0.497 e. The van der Waals surface area contributed by atoms with Crippen LogP contribution in [0.3, 0.4) is 0 Å². The summed E-state index contributed by atoms with van der Waals surface area (Å²) >= 11 is 0. The molecule has 23 heavy (non-hydrogen) atoms. The van der Waals surface area contributed by atoms with Gasteiger partial charge in [0.2, 0.25) is 0 Å². The summed E-state index contributed by atoms with van der Waals surface area (Å²) in [5.41, 5.74) is -0.0594. The van der Waals surface area contributed by atoms with Gasteiger partial charge in [0.1, 0.15) is 29.7 Å². The minimum atomic E-state index is -3.57. The van der Waals surface area contributed by atoms with Gasteiger partial charge in [0.05, 0.1) is 18.6 Å². The first kappa shape index (κ1) is 17.2. The van der Waals surface area contributed by atoms with Gasteiger partial charge >= 0.3 is 0 Å². The van der Waals surface area contributed by atoms with E-state index in [0.717, 1.165) is 12.1 Å². The van der Waals surface area contributed by atoms with Crippen molar-refractivity contribution < 1.29 is 26.7 Å². The second-order valence-corrected chi connectivity index (χ2v) is 7.04. The molecule has 0 bridgehead atoms. The number of rotatable bonds is 7. The Morgan fingerprint density at radius 3 is 2.26 bits per heavy atom. The number of halogens is 2. The summed E-state index contributed by atoms with van der Waals surface area (Å²) in [6, 6.07) is 9.53. The number of hydrogen-bond donors (Lipinski definition) is 0. The molecule has 0 N–H and O–H groups in total. The summed E-state index contributed by atoms with van der Waals surface area (Å²) < 4.78 is 60.6. The number of ether oxygens (including phenoxy) is 2. The Balaban J connectivity index is 1.90. The van der Waals surface area contributed by atoms with Crippen molar-refractivity contribution in [3.63, 3.8) is 0 Å². The molecule has 0 aromatic heterocycles. The van der Waals surface area contributed by atoms with Crippen LogP contribution >= 0.6 is 0 Å². The van der Waals surface area contributed by atoms with E-state index in [1.807, 2.05) is 0 Å². The molecule has 0 saturated heterocycles. The molecule has 2 aromatic rings. The number of benzene rings is 2. The van der Waals surface area contributed by atoms with Gasteiger partial charge in [0.25, 0.3) is 0 Å². The van der Waals surface area contributed by atoms with E-state index in [9.17, 15) is 17.2 Å². The molecule has 0 amide bonds. The van der Waals surface area contributed by atoms with Crippen LogP contribution in [0.2, 0.25) is 0 Å². The predicted molar refractivity (Wildman–Crippen MR) is 82.3 cm³/mol. The van der Waals surface area contributed by atoms with Gasteiger partial charge in [-0.1, -0.05) is 6.07 Å². The summed E-state index contributed by atoms with van der Waals surface area (Å²) in [5.74, 6) is -1.21. The van der Waals surface area contributed by atoms with Crippen molar-refractivity contribution in [2.45, 2.75) is 5.75 Å². The highest BCUT2D eigenvalue weighted by Gasteiger charge is 2.15. The van der Waals surface area contributed by atoms with Gasteiger partial charge in [-0.15, -0.1) is 0 Å². The fourth-order valence-corrected chi connectivity index (χ4v) is 3.10. The molecule has 0 fully saturated rings. The maximum atomic E-state index is 13.5. The van der Waals surface area contributed by atoms with Crippen molar-refractivity contribution in [1.29, 1.82) is 0 Å². The minimum Gasteiger partial charge on any atom is -0.497 e. The fraction of sp³-hybridized carbons (Fsp3) is 0.250. The van der Waals surface area contributed by atoms with Crippen LogP contribution in [0.1, 0.15) is 5.56 Å². The highest BCUT2D eigenvalue weighted by molar-refractivity contribution is 7.90. The monoisotopic (exact) mass is 342 g/mol. The average Bonchev–Trinajstić information content (AvgIpc) is 2.50. The van der Waals surface area contributed by atoms with Crippen LogP contribution in [0.15, 0.2) is 42.5 Å². The van der Waals surface area contributed by atoms with Crippen LogP contribution in [0.4, 0.5) is 8.78 Å². The first-order chi connectivity index (χ1) is 10.9. The standard InChI is InChI=1S/C16H16F2O4S/c1-21-14-4-6-15(7-5-14)22-8-9-23(19,20)11-12-2-3-13(17)10-16(12)18/h2-7,10H,8-9,11H2,1H3. The molecule has 7 heteroatoms.